The first-order valence-electron chi connectivity index (χ1n) is 17.3. The Morgan fingerprint density at radius 3 is 1.75 bits per heavy atom. The van der Waals surface area contributed by atoms with E-state index in [2.05, 4.69) is 175 Å². The van der Waals surface area contributed by atoms with Crippen LogP contribution in [0.5, 0.6) is 0 Å². The Kier molecular flexibility index (Phi) is 6.81. The molecule has 3 nitrogen and oxygen atoms in total. The fraction of sp³-hybridized carbons (Fsp3) is 0. The molecule has 0 unspecified atom stereocenters. The zero-order chi connectivity index (χ0) is 33.7. The highest BCUT2D eigenvalue weighted by atomic mass is 16.3. The summed E-state index contributed by atoms with van der Waals surface area (Å²) in [7, 11) is 0. The largest absolute Gasteiger partial charge is 0.456 e. The molecule has 10 aromatic rings. The molecule has 2 heterocycles. The fourth-order valence-corrected chi connectivity index (χ4v) is 7.51. The molecular formula is C48H31NO2. The summed E-state index contributed by atoms with van der Waals surface area (Å²) in [6.07, 6.45) is 0. The first-order valence-corrected chi connectivity index (χ1v) is 17.3. The van der Waals surface area contributed by atoms with Crippen molar-refractivity contribution in [3.63, 3.8) is 0 Å². The Balaban J connectivity index is 1.12. The van der Waals surface area contributed by atoms with Gasteiger partial charge in [0.25, 0.3) is 0 Å². The molecule has 0 saturated heterocycles. The Bertz CT molecular complexity index is 2850. The van der Waals surface area contributed by atoms with Crippen LogP contribution in [0.4, 0.5) is 17.1 Å². The molecule has 0 bridgehead atoms. The summed E-state index contributed by atoms with van der Waals surface area (Å²) >= 11 is 0. The van der Waals surface area contributed by atoms with Crippen molar-refractivity contribution in [2.45, 2.75) is 0 Å². The standard InChI is InChI=1S/C48H31NO2/c1-3-13-33(14-4-1)37-17-7-9-21-42(37)49(43-22-12-24-46-47(43)40-18-8-10-23-44(40)50-46)36-28-25-32(26-29-36)35-27-30-45-41(31-35)39-20-11-19-38(48(39)51-45)34-15-5-2-6-16-34/h1-31H. The lowest BCUT2D eigenvalue weighted by Gasteiger charge is -2.28. The summed E-state index contributed by atoms with van der Waals surface area (Å²) in [5.41, 5.74) is 13.6. The third-order valence-corrected chi connectivity index (χ3v) is 9.89. The average molecular weight is 654 g/mol. The van der Waals surface area contributed by atoms with Crippen LogP contribution in [-0.2, 0) is 0 Å². The third-order valence-electron chi connectivity index (χ3n) is 9.89. The lowest BCUT2D eigenvalue weighted by atomic mass is 9.99. The van der Waals surface area contributed by atoms with Gasteiger partial charge >= 0.3 is 0 Å². The SMILES string of the molecule is c1ccc(-c2ccccc2N(c2ccc(-c3ccc4oc5c(-c6ccccc6)cccc5c4c3)cc2)c2cccc3oc4ccccc4c23)cc1. The Labute approximate surface area is 295 Å². The van der Waals surface area contributed by atoms with E-state index in [-0.39, 0.29) is 0 Å². The summed E-state index contributed by atoms with van der Waals surface area (Å²) < 4.78 is 12.8. The number of rotatable bonds is 6. The van der Waals surface area contributed by atoms with Crippen LogP contribution < -0.4 is 4.90 Å². The number of hydrogen-bond donors (Lipinski definition) is 0. The number of hydrogen-bond acceptors (Lipinski definition) is 3. The molecule has 0 aliphatic rings. The van der Waals surface area contributed by atoms with Crippen LogP contribution in [0.15, 0.2) is 197 Å². The van der Waals surface area contributed by atoms with E-state index in [0.717, 1.165) is 94.3 Å². The van der Waals surface area contributed by atoms with Crippen LogP contribution in [0.2, 0.25) is 0 Å². The van der Waals surface area contributed by atoms with Crippen molar-refractivity contribution in [3.05, 3.63) is 188 Å². The maximum Gasteiger partial charge on any atom is 0.143 e. The summed E-state index contributed by atoms with van der Waals surface area (Å²) in [5, 5.41) is 4.42. The molecule has 0 radical (unpaired) electrons. The minimum absolute atomic E-state index is 0.864. The van der Waals surface area contributed by atoms with Crippen LogP contribution >= 0.6 is 0 Å². The van der Waals surface area contributed by atoms with Crippen molar-refractivity contribution in [2.24, 2.45) is 0 Å². The lowest BCUT2D eigenvalue weighted by molar-refractivity contribution is 0.669. The highest BCUT2D eigenvalue weighted by molar-refractivity contribution is 6.14. The van der Waals surface area contributed by atoms with E-state index in [4.69, 9.17) is 8.83 Å². The summed E-state index contributed by atoms with van der Waals surface area (Å²) in [4.78, 5) is 2.37. The molecule has 10 rings (SSSR count). The van der Waals surface area contributed by atoms with Gasteiger partial charge < -0.3 is 13.7 Å². The number of para-hydroxylation sites is 3. The van der Waals surface area contributed by atoms with Crippen LogP contribution in [0.3, 0.4) is 0 Å². The van der Waals surface area contributed by atoms with Gasteiger partial charge in [0, 0.05) is 33.0 Å². The van der Waals surface area contributed by atoms with Gasteiger partial charge in [-0.1, -0.05) is 140 Å². The van der Waals surface area contributed by atoms with Gasteiger partial charge in [-0.3, -0.25) is 0 Å². The van der Waals surface area contributed by atoms with E-state index in [0.29, 0.717) is 0 Å². The van der Waals surface area contributed by atoms with Crippen LogP contribution in [-0.4, -0.2) is 0 Å². The smallest absolute Gasteiger partial charge is 0.143 e. The number of furan rings is 2. The van der Waals surface area contributed by atoms with Gasteiger partial charge in [0.15, 0.2) is 0 Å². The summed E-state index contributed by atoms with van der Waals surface area (Å²) in [6, 6.07) is 66.1. The van der Waals surface area contributed by atoms with Crippen molar-refractivity contribution in [1.29, 1.82) is 0 Å². The molecule has 0 fully saturated rings. The predicted octanol–water partition coefficient (Wildman–Crippen LogP) is 14.0. The minimum atomic E-state index is 0.864. The lowest BCUT2D eigenvalue weighted by Crippen LogP contribution is -2.11. The molecule has 0 aliphatic carbocycles. The molecule has 0 aliphatic heterocycles. The highest BCUT2D eigenvalue weighted by Crippen LogP contribution is 2.46. The maximum atomic E-state index is 6.47. The normalized spacial score (nSPS) is 11.5. The van der Waals surface area contributed by atoms with Crippen molar-refractivity contribution < 1.29 is 8.83 Å². The molecule has 240 valence electrons. The number of nitrogens with zero attached hydrogens (tertiary/aromatic N) is 1. The van der Waals surface area contributed by atoms with Crippen LogP contribution in [0.1, 0.15) is 0 Å². The Morgan fingerprint density at radius 1 is 0.333 bits per heavy atom. The summed E-state index contributed by atoms with van der Waals surface area (Å²) in [6.45, 7) is 0. The van der Waals surface area contributed by atoms with E-state index in [1.165, 1.54) is 0 Å². The van der Waals surface area contributed by atoms with Gasteiger partial charge in [0.2, 0.25) is 0 Å². The van der Waals surface area contributed by atoms with Gasteiger partial charge in [-0.05, 0) is 70.8 Å². The van der Waals surface area contributed by atoms with Gasteiger partial charge in [0.05, 0.1) is 16.8 Å². The third kappa shape index (κ3) is 4.90. The summed E-state index contributed by atoms with van der Waals surface area (Å²) in [5.74, 6) is 0. The van der Waals surface area contributed by atoms with E-state index >= 15 is 0 Å². The molecule has 0 amide bonds. The van der Waals surface area contributed by atoms with Gasteiger partial charge in [-0.2, -0.15) is 0 Å². The zero-order valence-corrected chi connectivity index (χ0v) is 27.7. The second-order valence-corrected chi connectivity index (χ2v) is 12.9. The topological polar surface area (TPSA) is 29.5 Å². The van der Waals surface area contributed by atoms with Crippen molar-refractivity contribution in [1.82, 2.24) is 0 Å². The number of fused-ring (bicyclic) bond motifs is 6. The minimum Gasteiger partial charge on any atom is -0.456 e. The van der Waals surface area contributed by atoms with Crippen LogP contribution in [0, 0.1) is 0 Å². The quantitative estimate of drug-likeness (QED) is 0.179. The molecule has 0 N–H and O–H groups in total. The van der Waals surface area contributed by atoms with Gasteiger partial charge in [0.1, 0.15) is 22.3 Å². The van der Waals surface area contributed by atoms with Crippen molar-refractivity contribution in [3.8, 4) is 33.4 Å². The molecule has 0 saturated carbocycles. The molecule has 3 heteroatoms. The van der Waals surface area contributed by atoms with E-state index < -0.39 is 0 Å². The van der Waals surface area contributed by atoms with Crippen LogP contribution in [0.25, 0.3) is 77.3 Å². The monoisotopic (exact) mass is 653 g/mol. The Morgan fingerprint density at radius 2 is 0.922 bits per heavy atom. The molecule has 2 aromatic heterocycles. The molecular weight excluding hydrogens is 623 g/mol. The fourth-order valence-electron chi connectivity index (χ4n) is 7.51. The zero-order valence-electron chi connectivity index (χ0n) is 27.7. The van der Waals surface area contributed by atoms with E-state index in [9.17, 15) is 0 Å². The van der Waals surface area contributed by atoms with E-state index in [1.807, 2.05) is 18.2 Å². The van der Waals surface area contributed by atoms with Gasteiger partial charge in [-0.15, -0.1) is 0 Å². The molecule has 51 heavy (non-hydrogen) atoms. The molecule has 0 spiro atoms. The number of anilines is 3. The first-order chi connectivity index (χ1) is 25.3. The van der Waals surface area contributed by atoms with E-state index in [1.54, 1.807) is 0 Å². The van der Waals surface area contributed by atoms with Gasteiger partial charge in [-0.25, -0.2) is 0 Å². The van der Waals surface area contributed by atoms with Crippen molar-refractivity contribution >= 4 is 60.9 Å². The number of benzene rings is 8. The molecule has 8 aromatic carbocycles. The highest BCUT2D eigenvalue weighted by Gasteiger charge is 2.22. The second-order valence-electron chi connectivity index (χ2n) is 12.9. The Hall–Kier alpha value is -6.84. The average Bonchev–Trinajstić information content (AvgIpc) is 3.78. The predicted molar refractivity (Wildman–Crippen MR) is 212 cm³/mol. The molecule has 0 atom stereocenters. The van der Waals surface area contributed by atoms with Crippen molar-refractivity contribution in [2.75, 3.05) is 4.90 Å². The maximum absolute atomic E-state index is 6.47. The second kappa shape index (κ2) is 11.9. The first kappa shape index (κ1) is 29.1.